The van der Waals surface area contributed by atoms with E-state index in [0.29, 0.717) is 0 Å². The van der Waals surface area contributed by atoms with E-state index in [-0.39, 0.29) is 19.4 Å². The molecule has 0 atom stereocenters. The van der Waals surface area contributed by atoms with Crippen LogP contribution in [0.2, 0.25) is 0 Å². The number of aliphatic carboxylic acids is 2. The van der Waals surface area contributed by atoms with Gasteiger partial charge in [-0.1, -0.05) is 25.7 Å². The largest absolute Gasteiger partial charge is 0.481 e. The molecule has 126 valence electrons. The van der Waals surface area contributed by atoms with E-state index >= 15 is 0 Å². The van der Waals surface area contributed by atoms with Gasteiger partial charge < -0.3 is 19.8 Å². The van der Waals surface area contributed by atoms with Crippen molar-refractivity contribution in [2.24, 2.45) is 0 Å². The monoisotopic (exact) mass is 306 g/mol. The van der Waals surface area contributed by atoms with Crippen LogP contribution in [0.5, 0.6) is 0 Å². The van der Waals surface area contributed by atoms with Gasteiger partial charge in [-0.05, 0) is 12.8 Å². The normalized spacial score (nSPS) is 10.7. The van der Waals surface area contributed by atoms with Gasteiger partial charge in [0.1, 0.15) is 6.54 Å². The highest BCUT2D eigenvalue weighted by molar-refractivity contribution is 5.66. The van der Waals surface area contributed by atoms with E-state index in [9.17, 15) is 9.59 Å². The third-order valence-corrected chi connectivity index (χ3v) is 2.80. The Morgan fingerprint density at radius 2 is 1.10 bits per heavy atom. The fourth-order valence-electron chi connectivity index (χ4n) is 1.56. The predicted molar refractivity (Wildman–Crippen MR) is 82.2 cm³/mol. The predicted octanol–water partition coefficient (Wildman–Crippen LogP) is 1.96. The van der Waals surface area contributed by atoms with Crippen molar-refractivity contribution in [3.63, 3.8) is 0 Å². The summed E-state index contributed by atoms with van der Waals surface area (Å²) in [5.41, 5.74) is 0. The van der Waals surface area contributed by atoms with Gasteiger partial charge in [-0.3, -0.25) is 9.59 Å². The molecule has 0 amide bonds. The summed E-state index contributed by atoms with van der Waals surface area (Å²) in [6.07, 6.45) is 5.82. The SMILES string of the molecule is C[N+](C)(C)CCO.O=C(O)CCCCCCCCC(=O)O. The number of rotatable bonds is 11. The molecule has 0 heterocycles. The Morgan fingerprint density at radius 3 is 1.29 bits per heavy atom. The first-order valence-electron chi connectivity index (χ1n) is 7.54. The fourth-order valence-corrected chi connectivity index (χ4v) is 1.56. The number of likely N-dealkylation sites (N-methyl/N-ethyl adjacent to an activating group) is 1. The minimum absolute atomic E-state index is 0.245. The van der Waals surface area contributed by atoms with Gasteiger partial charge in [0, 0.05) is 12.8 Å². The molecule has 0 aromatic heterocycles. The third-order valence-electron chi connectivity index (χ3n) is 2.80. The Labute approximate surface area is 128 Å². The number of hydrogen-bond acceptors (Lipinski definition) is 3. The summed E-state index contributed by atoms with van der Waals surface area (Å²) in [6, 6.07) is 0. The maximum atomic E-state index is 10.1. The lowest BCUT2D eigenvalue weighted by molar-refractivity contribution is -0.870. The van der Waals surface area contributed by atoms with Gasteiger partial charge in [-0.15, -0.1) is 0 Å². The van der Waals surface area contributed by atoms with E-state index in [1.165, 1.54) is 0 Å². The van der Waals surface area contributed by atoms with Crippen molar-refractivity contribution in [2.75, 3.05) is 34.3 Å². The summed E-state index contributed by atoms with van der Waals surface area (Å²) >= 11 is 0. The molecule has 3 N–H and O–H groups in total. The lowest BCUT2D eigenvalue weighted by atomic mass is 10.1. The molecule has 0 aromatic rings. The highest BCUT2D eigenvalue weighted by Crippen LogP contribution is 2.08. The highest BCUT2D eigenvalue weighted by atomic mass is 16.4. The molecular weight excluding hydrogens is 274 g/mol. The molecule has 0 radical (unpaired) electrons. The molecule has 6 nitrogen and oxygen atoms in total. The number of carboxylic acid groups (broad SMARTS) is 2. The van der Waals surface area contributed by atoms with Crippen LogP contribution in [0, 0.1) is 0 Å². The maximum Gasteiger partial charge on any atom is 0.303 e. The Hall–Kier alpha value is -1.14. The Balaban J connectivity index is 0. The quantitative estimate of drug-likeness (QED) is 0.401. The average Bonchev–Trinajstić information content (AvgIpc) is 2.31. The van der Waals surface area contributed by atoms with Crippen LogP contribution in [0.1, 0.15) is 51.4 Å². The standard InChI is InChI=1S/C10H18O4.C5H14NO/c11-9(12)7-5-3-1-2-4-6-8-10(13)14;1-6(2,3)4-5-7/h1-8H2,(H,11,12)(H,13,14);7H,4-5H2,1-3H3/q;+1. The first-order valence-corrected chi connectivity index (χ1v) is 7.54. The van der Waals surface area contributed by atoms with Crippen LogP contribution >= 0.6 is 0 Å². The number of nitrogens with zero attached hydrogens (tertiary/aromatic N) is 1. The molecule has 0 aliphatic carbocycles. The smallest absolute Gasteiger partial charge is 0.303 e. The molecule has 0 fully saturated rings. The molecule has 0 saturated carbocycles. The van der Waals surface area contributed by atoms with E-state index in [0.717, 1.165) is 49.6 Å². The number of aliphatic hydroxyl groups excluding tert-OH is 1. The van der Waals surface area contributed by atoms with Crippen LogP contribution in [0.15, 0.2) is 0 Å². The zero-order chi connectivity index (χ0) is 16.7. The van der Waals surface area contributed by atoms with Crippen molar-refractivity contribution in [3.05, 3.63) is 0 Å². The molecule has 0 aliphatic rings. The minimum Gasteiger partial charge on any atom is -0.481 e. The Morgan fingerprint density at radius 1 is 0.762 bits per heavy atom. The summed E-state index contributed by atoms with van der Waals surface area (Å²) in [5.74, 6) is -1.48. The number of aliphatic hydroxyl groups is 1. The fraction of sp³-hybridized carbons (Fsp3) is 0.867. The second kappa shape index (κ2) is 13.8. The second-order valence-corrected chi connectivity index (χ2v) is 6.15. The van der Waals surface area contributed by atoms with Gasteiger partial charge in [0.2, 0.25) is 0 Å². The molecule has 0 rings (SSSR count). The lowest BCUT2D eigenvalue weighted by Gasteiger charge is -2.21. The summed E-state index contributed by atoms with van der Waals surface area (Å²) < 4.78 is 0.844. The van der Waals surface area contributed by atoms with Gasteiger partial charge in [-0.25, -0.2) is 0 Å². The van der Waals surface area contributed by atoms with E-state index in [1.54, 1.807) is 0 Å². The van der Waals surface area contributed by atoms with Crippen molar-refractivity contribution < 1.29 is 29.4 Å². The average molecular weight is 306 g/mol. The van der Waals surface area contributed by atoms with Gasteiger partial charge in [-0.2, -0.15) is 0 Å². The number of carboxylic acids is 2. The van der Waals surface area contributed by atoms with Gasteiger partial charge >= 0.3 is 11.9 Å². The molecular formula is C15H32NO5+. The van der Waals surface area contributed by atoms with Crippen LogP contribution in [0.25, 0.3) is 0 Å². The van der Waals surface area contributed by atoms with Gasteiger partial charge in [0.15, 0.2) is 0 Å². The van der Waals surface area contributed by atoms with Crippen LogP contribution in [0.3, 0.4) is 0 Å². The number of carbonyl (C=O) groups is 2. The summed E-state index contributed by atoms with van der Waals surface area (Å²) in [4.78, 5) is 20.3. The number of unbranched alkanes of at least 4 members (excludes halogenated alkanes) is 5. The molecule has 6 heteroatoms. The topological polar surface area (TPSA) is 94.8 Å². The van der Waals surface area contributed by atoms with Crippen molar-refractivity contribution in [2.45, 2.75) is 51.4 Å². The van der Waals surface area contributed by atoms with Crippen molar-refractivity contribution in [1.82, 2.24) is 0 Å². The summed E-state index contributed by atoms with van der Waals surface area (Å²) in [7, 11) is 6.16. The Bertz CT molecular complexity index is 254. The zero-order valence-electron chi connectivity index (χ0n) is 13.7. The zero-order valence-corrected chi connectivity index (χ0v) is 13.7. The van der Waals surface area contributed by atoms with Crippen LogP contribution in [-0.2, 0) is 9.59 Å². The minimum atomic E-state index is -0.740. The van der Waals surface area contributed by atoms with Gasteiger partial charge in [0.05, 0.1) is 27.7 Å². The van der Waals surface area contributed by atoms with E-state index in [1.807, 2.05) is 0 Å². The Kier molecular flexibility index (Phi) is 14.6. The molecule has 0 aromatic carbocycles. The van der Waals surface area contributed by atoms with E-state index in [4.69, 9.17) is 15.3 Å². The molecule has 0 saturated heterocycles. The molecule has 0 bridgehead atoms. The van der Waals surface area contributed by atoms with Crippen LogP contribution < -0.4 is 0 Å². The van der Waals surface area contributed by atoms with Gasteiger partial charge in [0.25, 0.3) is 0 Å². The van der Waals surface area contributed by atoms with Crippen molar-refractivity contribution >= 4 is 11.9 Å². The highest BCUT2D eigenvalue weighted by Gasteiger charge is 2.02. The molecule has 0 aliphatic heterocycles. The van der Waals surface area contributed by atoms with Crippen LogP contribution in [0.4, 0.5) is 0 Å². The molecule has 0 unspecified atom stereocenters. The first kappa shape index (κ1) is 22.1. The second-order valence-electron chi connectivity index (χ2n) is 6.15. The number of quaternary nitrogens is 1. The van der Waals surface area contributed by atoms with E-state index in [2.05, 4.69) is 21.1 Å². The van der Waals surface area contributed by atoms with Crippen molar-refractivity contribution in [1.29, 1.82) is 0 Å². The molecule has 0 spiro atoms. The van der Waals surface area contributed by atoms with Crippen molar-refractivity contribution in [3.8, 4) is 0 Å². The first-order chi connectivity index (χ1) is 9.69. The summed E-state index contributed by atoms with van der Waals surface area (Å²) in [6.45, 7) is 1.11. The maximum absolute atomic E-state index is 10.1. The summed E-state index contributed by atoms with van der Waals surface area (Å²) in [5, 5.41) is 25.1. The molecule has 21 heavy (non-hydrogen) atoms. The van der Waals surface area contributed by atoms with Crippen LogP contribution in [-0.4, -0.2) is 66.0 Å². The third kappa shape index (κ3) is 27.9. The van der Waals surface area contributed by atoms with E-state index < -0.39 is 11.9 Å². The lowest BCUT2D eigenvalue weighted by Crippen LogP contribution is -2.36. The number of hydrogen-bond donors (Lipinski definition) is 3.